The van der Waals surface area contributed by atoms with Crippen molar-refractivity contribution in [3.05, 3.63) is 48.0 Å². The highest BCUT2D eigenvalue weighted by atomic mass is 15.1. The Morgan fingerprint density at radius 1 is 1.44 bits per heavy atom. The number of imidazole rings is 1. The summed E-state index contributed by atoms with van der Waals surface area (Å²) in [4.78, 5) is 4.07. The van der Waals surface area contributed by atoms with E-state index in [0.717, 1.165) is 11.4 Å². The molecule has 2 aromatic rings. The number of para-hydroxylation sites is 1. The Balaban J connectivity index is 2.60. The van der Waals surface area contributed by atoms with Gasteiger partial charge in [-0.05, 0) is 19.1 Å². The third kappa shape index (κ3) is 1.69. The zero-order valence-electron chi connectivity index (χ0n) is 8.96. The standard InChI is InChI=1S/C12H12N4/c1-9(14)12-7-15-8-16(12)11-5-3-2-4-10(11)6-13/h2-5,7-9H,14H2,1H3. The normalized spacial score (nSPS) is 12.1. The lowest BCUT2D eigenvalue weighted by Gasteiger charge is -2.11. The number of hydrogen-bond donors (Lipinski definition) is 1. The van der Waals surface area contributed by atoms with Crippen molar-refractivity contribution in [2.24, 2.45) is 5.73 Å². The van der Waals surface area contributed by atoms with Crippen LogP contribution in [0.4, 0.5) is 0 Å². The van der Waals surface area contributed by atoms with E-state index in [0.29, 0.717) is 5.56 Å². The number of aromatic nitrogens is 2. The van der Waals surface area contributed by atoms with Gasteiger partial charge in [0.1, 0.15) is 6.07 Å². The molecule has 16 heavy (non-hydrogen) atoms. The van der Waals surface area contributed by atoms with E-state index in [9.17, 15) is 0 Å². The smallest absolute Gasteiger partial charge is 0.101 e. The van der Waals surface area contributed by atoms with Crippen molar-refractivity contribution in [3.63, 3.8) is 0 Å². The van der Waals surface area contributed by atoms with Gasteiger partial charge in [-0.25, -0.2) is 4.98 Å². The fourth-order valence-electron chi connectivity index (χ4n) is 1.62. The van der Waals surface area contributed by atoms with Crippen LogP contribution in [0.3, 0.4) is 0 Å². The second-order valence-electron chi connectivity index (χ2n) is 3.61. The van der Waals surface area contributed by atoms with Crippen LogP contribution in [0.1, 0.15) is 24.2 Å². The number of rotatable bonds is 2. The van der Waals surface area contributed by atoms with Gasteiger partial charge in [-0.15, -0.1) is 0 Å². The first-order valence-electron chi connectivity index (χ1n) is 5.01. The summed E-state index contributed by atoms with van der Waals surface area (Å²) in [6.45, 7) is 1.89. The van der Waals surface area contributed by atoms with E-state index < -0.39 is 0 Å². The quantitative estimate of drug-likeness (QED) is 0.824. The van der Waals surface area contributed by atoms with Crippen LogP contribution >= 0.6 is 0 Å². The minimum absolute atomic E-state index is 0.116. The Kier molecular flexibility index (Phi) is 2.71. The molecule has 0 aliphatic rings. The highest BCUT2D eigenvalue weighted by molar-refractivity contribution is 5.49. The summed E-state index contributed by atoms with van der Waals surface area (Å²) in [6.07, 6.45) is 3.40. The van der Waals surface area contributed by atoms with Crippen molar-refractivity contribution in [1.82, 2.24) is 9.55 Å². The molecule has 1 atom stereocenters. The second kappa shape index (κ2) is 4.17. The highest BCUT2D eigenvalue weighted by Gasteiger charge is 2.10. The number of nitrogens with two attached hydrogens (primary N) is 1. The summed E-state index contributed by atoms with van der Waals surface area (Å²) >= 11 is 0. The molecule has 4 heteroatoms. The van der Waals surface area contributed by atoms with Gasteiger partial charge in [-0.1, -0.05) is 12.1 Å². The average molecular weight is 212 g/mol. The third-order valence-corrected chi connectivity index (χ3v) is 2.42. The van der Waals surface area contributed by atoms with Gasteiger partial charge in [0.15, 0.2) is 0 Å². The summed E-state index contributed by atoms with van der Waals surface area (Å²) in [5.74, 6) is 0. The third-order valence-electron chi connectivity index (χ3n) is 2.42. The summed E-state index contributed by atoms with van der Waals surface area (Å²) in [7, 11) is 0. The van der Waals surface area contributed by atoms with Gasteiger partial charge in [0.2, 0.25) is 0 Å². The van der Waals surface area contributed by atoms with Crippen molar-refractivity contribution >= 4 is 0 Å². The van der Waals surface area contributed by atoms with Crippen LogP contribution in [0, 0.1) is 11.3 Å². The molecule has 0 amide bonds. The van der Waals surface area contributed by atoms with Crippen molar-refractivity contribution in [1.29, 1.82) is 5.26 Å². The molecule has 0 saturated carbocycles. The molecule has 1 unspecified atom stereocenters. The molecular formula is C12H12N4. The molecule has 2 N–H and O–H groups in total. The van der Waals surface area contributed by atoms with Gasteiger partial charge in [0.25, 0.3) is 0 Å². The SMILES string of the molecule is CC(N)c1cncn1-c1ccccc1C#N. The lowest BCUT2D eigenvalue weighted by atomic mass is 10.2. The van der Waals surface area contributed by atoms with Crippen molar-refractivity contribution < 1.29 is 0 Å². The molecule has 1 aromatic heterocycles. The maximum absolute atomic E-state index is 9.03. The molecule has 2 rings (SSSR count). The predicted molar refractivity (Wildman–Crippen MR) is 60.9 cm³/mol. The number of nitriles is 1. The summed E-state index contributed by atoms with van der Waals surface area (Å²) < 4.78 is 1.85. The van der Waals surface area contributed by atoms with Crippen LogP contribution in [-0.4, -0.2) is 9.55 Å². The van der Waals surface area contributed by atoms with Gasteiger partial charge < -0.3 is 10.3 Å². The summed E-state index contributed by atoms with van der Waals surface area (Å²) in [5, 5.41) is 9.03. The van der Waals surface area contributed by atoms with E-state index in [2.05, 4.69) is 11.1 Å². The van der Waals surface area contributed by atoms with Crippen LogP contribution in [0.5, 0.6) is 0 Å². The molecule has 0 saturated heterocycles. The Morgan fingerprint density at radius 2 is 2.19 bits per heavy atom. The van der Waals surface area contributed by atoms with Crippen LogP contribution in [0.25, 0.3) is 5.69 Å². The van der Waals surface area contributed by atoms with Crippen molar-refractivity contribution in [2.45, 2.75) is 13.0 Å². The topological polar surface area (TPSA) is 67.6 Å². The van der Waals surface area contributed by atoms with E-state index in [1.807, 2.05) is 29.7 Å². The molecule has 0 bridgehead atoms. The molecular weight excluding hydrogens is 200 g/mol. The van der Waals surface area contributed by atoms with E-state index in [1.165, 1.54) is 0 Å². The fourth-order valence-corrected chi connectivity index (χ4v) is 1.62. The average Bonchev–Trinajstić information content (AvgIpc) is 2.77. The van der Waals surface area contributed by atoms with Crippen molar-refractivity contribution in [2.75, 3.05) is 0 Å². The van der Waals surface area contributed by atoms with E-state index in [4.69, 9.17) is 11.0 Å². The maximum atomic E-state index is 9.03. The van der Waals surface area contributed by atoms with Gasteiger partial charge in [-0.3, -0.25) is 0 Å². The number of nitrogens with zero attached hydrogens (tertiary/aromatic N) is 3. The zero-order chi connectivity index (χ0) is 11.5. The first-order valence-corrected chi connectivity index (χ1v) is 5.01. The Bertz CT molecular complexity index is 534. The lowest BCUT2D eigenvalue weighted by Crippen LogP contribution is -2.11. The van der Waals surface area contributed by atoms with E-state index >= 15 is 0 Å². The monoisotopic (exact) mass is 212 g/mol. The lowest BCUT2D eigenvalue weighted by molar-refractivity contribution is 0.752. The van der Waals surface area contributed by atoms with Crippen LogP contribution in [0.15, 0.2) is 36.8 Å². The maximum Gasteiger partial charge on any atom is 0.101 e. The van der Waals surface area contributed by atoms with E-state index in [1.54, 1.807) is 18.6 Å². The zero-order valence-corrected chi connectivity index (χ0v) is 8.96. The molecule has 1 aromatic carbocycles. The summed E-state index contributed by atoms with van der Waals surface area (Å²) in [6, 6.07) is 9.43. The predicted octanol–water partition coefficient (Wildman–Crippen LogP) is 1.76. The Hall–Kier alpha value is -2.12. The Morgan fingerprint density at radius 3 is 2.88 bits per heavy atom. The van der Waals surface area contributed by atoms with Crippen LogP contribution in [-0.2, 0) is 0 Å². The molecule has 0 aliphatic carbocycles. The van der Waals surface area contributed by atoms with Gasteiger partial charge in [0.05, 0.1) is 29.5 Å². The molecule has 0 aliphatic heterocycles. The van der Waals surface area contributed by atoms with Gasteiger partial charge in [-0.2, -0.15) is 5.26 Å². The molecule has 0 fully saturated rings. The first kappa shape index (κ1) is 10.4. The molecule has 1 heterocycles. The Labute approximate surface area is 94.0 Å². The molecule has 0 spiro atoms. The minimum Gasteiger partial charge on any atom is -0.323 e. The molecule has 0 radical (unpaired) electrons. The molecule has 80 valence electrons. The highest BCUT2D eigenvalue weighted by Crippen LogP contribution is 2.18. The van der Waals surface area contributed by atoms with E-state index in [-0.39, 0.29) is 6.04 Å². The first-order chi connectivity index (χ1) is 7.74. The second-order valence-corrected chi connectivity index (χ2v) is 3.61. The number of hydrogen-bond acceptors (Lipinski definition) is 3. The van der Waals surface area contributed by atoms with Gasteiger partial charge >= 0.3 is 0 Å². The number of benzene rings is 1. The fraction of sp³-hybridized carbons (Fsp3) is 0.167. The van der Waals surface area contributed by atoms with Crippen LogP contribution in [0.2, 0.25) is 0 Å². The summed E-state index contributed by atoms with van der Waals surface area (Å²) in [5.41, 5.74) is 8.16. The molecule has 4 nitrogen and oxygen atoms in total. The minimum atomic E-state index is -0.116. The van der Waals surface area contributed by atoms with Crippen LogP contribution < -0.4 is 5.73 Å². The van der Waals surface area contributed by atoms with Crippen molar-refractivity contribution in [3.8, 4) is 11.8 Å². The largest absolute Gasteiger partial charge is 0.323 e. The van der Waals surface area contributed by atoms with Gasteiger partial charge in [0, 0.05) is 6.04 Å².